The summed E-state index contributed by atoms with van der Waals surface area (Å²) in [5.41, 5.74) is 0.825. The summed E-state index contributed by atoms with van der Waals surface area (Å²) in [6.07, 6.45) is 0.173. The van der Waals surface area contributed by atoms with Gasteiger partial charge < -0.3 is 14.4 Å². The Morgan fingerprint density at radius 1 is 1.41 bits per heavy atom. The number of hydrogen-bond donors (Lipinski definition) is 0. The predicted molar refractivity (Wildman–Crippen MR) is 84.5 cm³/mol. The minimum atomic E-state index is -0.152. The van der Waals surface area contributed by atoms with E-state index in [1.54, 1.807) is 23.3 Å². The molecule has 2 heterocycles. The minimum Gasteiger partial charge on any atom is -0.486 e. The lowest BCUT2D eigenvalue weighted by atomic mass is 10.2. The lowest BCUT2D eigenvalue weighted by Crippen LogP contribution is -2.42. The zero-order valence-corrected chi connectivity index (χ0v) is 13.4. The number of carbonyl (C=O) groups excluding carboxylic acids is 1. The monoisotopic (exact) mass is 318 g/mol. The molecule has 1 aromatic heterocycles. The molecule has 0 fully saturated rings. The number of fused-ring (bicyclic) bond motifs is 1. The second-order valence-corrected chi connectivity index (χ2v) is 6.37. The zero-order chi connectivity index (χ0) is 15.5. The Bertz CT molecular complexity index is 671. The van der Waals surface area contributed by atoms with E-state index < -0.39 is 0 Å². The van der Waals surface area contributed by atoms with E-state index in [0.29, 0.717) is 19.6 Å². The van der Waals surface area contributed by atoms with E-state index in [-0.39, 0.29) is 12.0 Å². The van der Waals surface area contributed by atoms with Gasteiger partial charge in [-0.3, -0.25) is 4.79 Å². The summed E-state index contributed by atoms with van der Waals surface area (Å²) in [6, 6.07) is 7.57. The van der Waals surface area contributed by atoms with Gasteiger partial charge in [-0.15, -0.1) is 11.3 Å². The molecule has 22 heavy (non-hydrogen) atoms. The Kier molecular flexibility index (Phi) is 4.29. The van der Waals surface area contributed by atoms with Crippen molar-refractivity contribution in [3.63, 3.8) is 0 Å². The van der Waals surface area contributed by atoms with Crippen LogP contribution in [0.15, 0.2) is 29.6 Å². The number of thiazole rings is 1. The Balaban J connectivity index is 1.56. The normalized spacial score (nSPS) is 16.4. The van der Waals surface area contributed by atoms with Gasteiger partial charge in [0.1, 0.15) is 6.61 Å². The zero-order valence-electron chi connectivity index (χ0n) is 12.6. The van der Waals surface area contributed by atoms with Gasteiger partial charge in [0.25, 0.3) is 0 Å². The van der Waals surface area contributed by atoms with Crippen molar-refractivity contribution in [2.24, 2.45) is 0 Å². The highest BCUT2D eigenvalue weighted by Gasteiger charge is 2.23. The van der Waals surface area contributed by atoms with Gasteiger partial charge in [-0.05, 0) is 19.1 Å². The maximum absolute atomic E-state index is 12.2. The first-order valence-electron chi connectivity index (χ1n) is 7.15. The molecule has 3 rings (SSSR count). The van der Waals surface area contributed by atoms with E-state index in [9.17, 15) is 4.79 Å². The Morgan fingerprint density at radius 2 is 2.18 bits per heavy atom. The van der Waals surface area contributed by atoms with Crippen LogP contribution in [-0.2, 0) is 11.2 Å². The van der Waals surface area contributed by atoms with E-state index in [4.69, 9.17) is 9.47 Å². The van der Waals surface area contributed by atoms with E-state index in [2.05, 4.69) is 4.98 Å². The van der Waals surface area contributed by atoms with Gasteiger partial charge in [-0.2, -0.15) is 0 Å². The Morgan fingerprint density at radius 3 is 2.91 bits per heavy atom. The molecule has 0 radical (unpaired) electrons. The maximum Gasteiger partial charge on any atom is 0.228 e. The third kappa shape index (κ3) is 3.39. The molecule has 116 valence electrons. The number of aryl methyl sites for hydroxylation is 1. The van der Waals surface area contributed by atoms with E-state index in [1.165, 1.54) is 0 Å². The fourth-order valence-electron chi connectivity index (χ4n) is 2.34. The average Bonchev–Trinajstić information content (AvgIpc) is 2.92. The molecule has 1 atom stereocenters. The first-order chi connectivity index (χ1) is 10.6. The van der Waals surface area contributed by atoms with Crippen molar-refractivity contribution in [3.05, 3.63) is 40.3 Å². The Labute approximate surface area is 133 Å². The molecule has 2 aromatic rings. The molecule has 1 aliphatic rings. The van der Waals surface area contributed by atoms with Crippen LogP contribution in [0.4, 0.5) is 0 Å². The standard InChI is InChI=1S/C16H18N2O3S/c1-11-17-12(10-22-11)7-16(19)18(2)8-13-9-20-14-5-3-4-6-15(14)21-13/h3-6,10,13H,7-9H2,1-2H3. The number of nitrogens with zero attached hydrogens (tertiary/aromatic N) is 2. The summed E-state index contributed by atoms with van der Waals surface area (Å²) < 4.78 is 11.5. The molecule has 0 saturated heterocycles. The Hall–Kier alpha value is -2.08. The van der Waals surface area contributed by atoms with Crippen LogP contribution >= 0.6 is 11.3 Å². The van der Waals surface area contributed by atoms with Gasteiger partial charge in [0.05, 0.1) is 23.7 Å². The van der Waals surface area contributed by atoms with Crippen molar-refractivity contribution in [2.75, 3.05) is 20.2 Å². The lowest BCUT2D eigenvalue weighted by molar-refractivity contribution is -0.130. The van der Waals surface area contributed by atoms with E-state index in [0.717, 1.165) is 22.2 Å². The molecule has 0 N–H and O–H groups in total. The highest BCUT2D eigenvalue weighted by Crippen LogP contribution is 2.30. The fraction of sp³-hybridized carbons (Fsp3) is 0.375. The summed E-state index contributed by atoms with van der Waals surface area (Å²) in [7, 11) is 1.78. The van der Waals surface area contributed by atoms with Crippen molar-refractivity contribution in [1.82, 2.24) is 9.88 Å². The van der Waals surface area contributed by atoms with Gasteiger partial charge in [0, 0.05) is 12.4 Å². The number of aromatic nitrogens is 1. The third-order valence-corrected chi connectivity index (χ3v) is 4.29. The number of hydrogen-bond acceptors (Lipinski definition) is 5. The molecular formula is C16H18N2O3S. The number of amides is 1. The maximum atomic E-state index is 12.2. The molecule has 1 aliphatic heterocycles. The fourth-order valence-corrected chi connectivity index (χ4v) is 2.95. The van der Waals surface area contributed by atoms with Crippen molar-refractivity contribution < 1.29 is 14.3 Å². The van der Waals surface area contributed by atoms with Gasteiger partial charge in [0.15, 0.2) is 17.6 Å². The molecular weight excluding hydrogens is 300 g/mol. The molecule has 1 amide bonds. The van der Waals surface area contributed by atoms with Crippen LogP contribution < -0.4 is 9.47 Å². The first kappa shape index (κ1) is 14.8. The topological polar surface area (TPSA) is 51.7 Å². The molecule has 0 aliphatic carbocycles. The number of para-hydroxylation sites is 2. The van der Waals surface area contributed by atoms with Crippen LogP contribution in [0.3, 0.4) is 0 Å². The quantitative estimate of drug-likeness (QED) is 0.868. The van der Waals surface area contributed by atoms with E-state index >= 15 is 0 Å². The highest BCUT2D eigenvalue weighted by molar-refractivity contribution is 7.09. The molecule has 1 unspecified atom stereocenters. The second kappa shape index (κ2) is 6.36. The predicted octanol–water partition coefficient (Wildman–Crippen LogP) is 2.29. The SMILES string of the molecule is Cc1nc(CC(=O)N(C)CC2COc3ccccc3O2)cs1. The van der Waals surface area contributed by atoms with Gasteiger partial charge in [-0.25, -0.2) is 4.98 Å². The molecule has 0 spiro atoms. The first-order valence-corrected chi connectivity index (χ1v) is 8.03. The largest absolute Gasteiger partial charge is 0.486 e. The van der Waals surface area contributed by atoms with Gasteiger partial charge in [0.2, 0.25) is 5.91 Å². The number of rotatable bonds is 4. The molecule has 0 bridgehead atoms. The van der Waals surface area contributed by atoms with Crippen molar-refractivity contribution in [1.29, 1.82) is 0 Å². The minimum absolute atomic E-state index is 0.0350. The number of likely N-dealkylation sites (N-methyl/N-ethyl adjacent to an activating group) is 1. The van der Waals surface area contributed by atoms with Crippen LogP contribution in [0, 0.1) is 6.92 Å². The molecule has 1 aromatic carbocycles. The summed E-state index contributed by atoms with van der Waals surface area (Å²) in [4.78, 5) is 18.2. The summed E-state index contributed by atoms with van der Waals surface area (Å²) in [5, 5.41) is 2.91. The van der Waals surface area contributed by atoms with Crippen molar-refractivity contribution in [3.8, 4) is 11.5 Å². The second-order valence-electron chi connectivity index (χ2n) is 5.31. The summed E-state index contributed by atoms with van der Waals surface area (Å²) in [5.74, 6) is 1.52. The molecule has 6 heteroatoms. The number of benzene rings is 1. The smallest absolute Gasteiger partial charge is 0.228 e. The van der Waals surface area contributed by atoms with Gasteiger partial charge in [-0.1, -0.05) is 12.1 Å². The van der Waals surface area contributed by atoms with Crippen LogP contribution in [0.5, 0.6) is 11.5 Å². The van der Waals surface area contributed by atoms with Crippen molar-refractivity contribution in [2.45, 2.75) is 19.4 Å². The van der Waals surface area contributed by atoms with Gasteiger partial charge >= 0.3 is 0 Å². The van der Waals surface area contributed by atoms with Crippen LogP contribution in [0.2, 0.25) is 0 Å². The van der Waals surface area contributed by atoms with Crippen LogP contribution in [0.25, 0.3) is 0 Å². The summed E-state index contributed by atoms with van der Waals surface area (Å²) >= 11 is 1.56. The average molecular weight is 318 g/mol. The number of ether oxygens (including phenoxy) is 2. The molecule has 5 nitrogen and oxygen atoms in total. The number of carbonyl (C=O) groups is 1. The third-order valence-electron chi connectivity index (χ3n) is 3.47. The van der Waals surface area contributed by atoms with Crippen LogP contribution in [-0.4, -0.2) is 42.1 Å². The van der Waals surface area contributed by atoms with Crippen LogP contribution in [0.1, 0.15) is 10.7 Å². The molecule has 0 saturated carbocycles. The lowest BCUT2D eigenvalue weighted by Gasteiger charge is -2.29. The van der Waals surface area contributed by atoms with Crippen molar-refractivity contribution >= 4 is 17.2 Å². The summed E-state index contributed by atoms with van der Waals surface area (Å²) in [6.45, 7) is 2.88. The highest BCUT2D eigenvalue weighted by atomic mass is 32.1. The van der Waals surface area contributed by atoms with E-state index in [1.807, 2.05) is 36.6 Å².